The van der Waals surface area contributed by atoms with Crippen LogP contribution >= 0.6 is 0 Å². The molecule has 3 N–H and O–H groups in total. The molecule has 3 rings (SSSR count). The molecule has 2 atom stereocenters. The summed E-state index contributed by atoms with van der Waals surface area (Å²) in [7, 11) is 0. The number of hydrogen-bond donors (Lipinski definition) is 2. The Labute approximate surface area is 96.4 Å². The number of fused-ring (bicyclic) bond motifs is 1. The predicted molar refractivity (Wildman–Crippen MR) is 65.8 cm³/mol. The van der Waals surface area contributed by atoms with E-state index >= 15 is 0 Å². The summed E-state index contributed by atoms with van der Waals surface area (Å²) in [5, 5.41) is 7.80. The van der Waals surface area contributed by atoms with Gasteiger partial charge in [-0.1, -0.05) is 25.1 Å². The highest BCUT2D eigenvalue weighted by molar-refractivity contribution is 5.92. The highest BCUT2D eigenvalue weighted by atomic mass is 14.8. The third-order valence-electron chi connectivity index (χ3n) is 4.40. The lowest BCUT2D eigenvalue weighted by Gasteiger charge is -2.16. The normalized spacial score (nSPS) is 31.2. The maximum Gasteiger partial charge on any atom is 0.102 e. The first kappa shape index (κ1) is 9.88. The Hall–Kier alpha value is -1.31. The van der Waals surface area contributed by atoms with Gasteiger partial charge in [-0.05, 0) is 48.3 Å². The van der Waals surface area contributed by atoms with E-state index in [1.54, 1.807) is 0 Å². The first-order valence-corrected chi connectivity index (χ1v) is 6.11. The van der Waals surface area contributed by atoms with E-state index in [0.717, 1.165) is 6.42 Å². The maximum absolute atomic E-state index is 7.80. The van der Waals surface area contributed by atoms with Gasteiger partial charge in [-0.25, -0.2) is 0 Å². The quantitative estimate of drug-likeness (QED) is 0.576. The van der Waals surface area contributed by atoms with E-state index in [-0.39, 0.29) is 5.41 Å². The summed E-state index contributed by atoms with van der Waals surface area (Å²) in [5.74, 6) is 0.877. The molecule has 2 heteroatoms. The Kier molecular flexibility index (Phi) is 1.91. The molecule has 0 aliphatic heterocycles. The first-order valence-electron chi connectivity index (χ1n) is 6.11. The topological polar surface area (TPSA) is 49.9 Å². The molecule has 2 aliphatic rings. The van der Waals surface area contributed by atoms with Gasteiger partial charge in [0.1, 0.15) is 5.84 Å². The van der Waals surface area contributed by atoms with Gasteiger partial charge in [-0.15, -0.1) is 0 Å². The summed E-state index contributed by atoms with van der Waals surface area (Å²) in [6, 6.07) is 6.73. The van der Waals surface area contributed by atoms with E-state index in [4.69, 9.17) is 11.1 Å². The minimum absolute atomic E-state index is 0.127. The van der Waals surface area contributed by atoms with Crippen LogP contribution in [0.25, 0.3) is 0 Å². The number of rotatable bonds is 2. The van der Waals surface area contributed by atoms with Gasteiger partial charge < -0.3 is 5.73 Å². The second kappa shape index (κ2) is 3.09. The van der Waals surface area contributed by atoms with Crippen LogP contribution in [0.5, 0.6) is 0 Å². The standard InChI is InChI=1S/C14H18N2/c1-9-8-14(9,13(15)16)12-6-5-10-3-2-4-11(10)7-12/h5-7,9H,2-4,8H2,1H3,(H3,15,16). The van der Waals surface area contributed by atoms with Crippen molar-refractivity contribution < 1.29 is 0 Å². The monoisotopic (exact) mass is 214 g/mol. The van der Waals surface area contributed by atoms with Crippen LogP contribution in [0.3, 0.4) is 0 Å². The molecule has 2 unspecified atom stereocenters. The fourth-order valence-corrected chi connectivity index (χ4v) is 3.21. The molecular formula is C14H18N2. The molecule has 84 valence electrons. The number of amidine groups is 1. The zero-order chi connectivity index (χ0) is 11.3. The van der Waals surface area contributed by atoms with Crippen molar-refractivity contribution in [2.45, 2.75) is 38.0 Å². The fourth-order valence-electron chi connectivity index (χ4n) is 3.21. The lowest BCUT2D eigenvalue weighted by molar-refractivity contribution is 0.803. The third kappa shape index (κ3) is 1.16. The van der Waals surface area contributed by atoms with E-state index in [1.165, 1.54) is 36.0 Å². The number of aryl methyl sites for hydroxylation is 2. The number of nitrogens with one attached hydrogen (secondary N) is 1. The molecule has 16 heavy (non-hydrogen) atoms. The molecular weight excluding hydrogens is 196 g/mol. The van der Waals surface area contributed by atoms with Crippen LogP contribution in [-0.4, -0.2) is 5.84 Å². The van der Waals surface area contributed by atoms with Crippen molar-refractivity contribution in [2.75, 3.05) is 0 Å². The molecule has 1 aromatic rings. The average Bonchev–Trinajstić information content (AvgIpc) is 2.75. The van der Waals surface area contributed by atoms with Crippen molar-refractivity contribution in [3.05, 3.63) is 34.9 Å². The van der Waals surface area contributed by atoms with Crippen molar-refractivity contribution in [3.63, 3.8) is 0 Å². The summed E-state index contributed by atoms with van der Waals surface area (Å²) in [4.78, 5) is 0. The zero-order valence-electron chi connectivity index (χ0n) is 9.72. The molecule has 0 aromatic heterocycles. The SMILES string of the molecule is CC1CC1(C(=N)N)c1ccc2c(c1)CCC2. The van der Waals surface area contributed by atoms with E-state index in [1.807, 2.05) is 0 Å². The molecule has 0 spiro atoms. The van der Waals surface area contributed by atoms with Crippen LogP contribution in [-0.2, 0) is 18.3 Å². The molecule has 0 amide bonds. The zero-order valence-corrected chi connectivity index (χ0v) is 9.72. The highest BCUT2D eigenvalue weighted by Crippen LogP contribution is 2.54. The van der Waals surface area contributed by atoms with E-state index in [2.05, 4.69) is 25.1 Å². The highest BCUT2D eigenvalue weighted by Gasteiger charge is 2.55. The van der Waals surface area contributed by atoms with E-state index in [0.29, 0.717) is 11.8 Å². The number of hydrogen-bond acceptors (Lipinski definition) is 1. The number of benzene rings is 1. The molecule has 0 radical (unpaired) electrons. The predicted octanol–water partition coefficient (Wildman–Crippen LogP) is 2.39. The summed E-state index contributed by atoms with van der Waals surface area (Å²) < 4.78 is 0. The van der Waals surface area contributed by atoms with Crippen molar-refractivity contribution in [3.8, 4) is 0 Å². The van der Waals surface area contributed by atoms with Crippen molar-refractivity contribution in [1.82, 2.24) is 0 Å². The smallest absolute Gasteiger partial charge is 0.102 e. The average molecular weight is 214 g/mol. The Morgan fingerprint density at radius 1 is 1.38 bits per heavy atom. The second-order valence-electron chi connectivity index (χ2n) is 5.33. The van der Waals surface area contributed by atoms with Crippen LogP contribution in [0.4, 0.5) is 0 Å². The molecule has 0 bridgehead atoms. The van der Waals surface area contributed by atoms with Crippen LogP contribution < -0.4 is 5.73 Å². The van der Waals surface area contributed by atoms with Crippen LogP contribution in [0, 0.1) is 11.3 Å². The van der Waals surface area contributed by atoms with E-state index in [9.17, 15) is 0 Å². The molecule has 0 heterocycles. The van der Waals surface area contributed by atoms with Crippen LogP contribution in [0.1, 0.15) is 36.5 Å². The minimum Gasteiger partial charge on any atom is -0.387 e. The Balaban J connectivity index is 2.04. The summed E-state index contributed by atoms with van der Waals surface area (Å²) >= 11 is 0. The lowest BCUT2D eigenvalue weighted by atomic mass is 9.90. The first-order chi connectivity index (χ1) is 7.64. The van der Waals surface area contributed by atoms with Gasteiger partial charge in [0.05, 0.1) is 5.41 Å². The van der Waals surface area contributed by atoms with E-state index < -0.39 is 0 Å². The Bertz CT molecular complexity index is 464. The van der Waals surface area contributed by atoms with Gasteiger partial charge in [-0.2, -0.15) is 0 Å². The lowest BCUT2D eigenvalue weighted by Crippen LogP contribution is -2.29. The maximum atomic E-state index is 7.80. The summed E-state index contributed by atoms with van der Waals surface area (Å²) in [6.45, 7) is 2.19. The van der Waals surface area contributed by atoms with Crippen molar-refractivity contribution >= 4 is 5.84 Å². The molecule has 0 saturated heterocycles. The molecule has 1 fully saturated rings. The Morgan fingerprint density at radius 3 is 2.69 bits per heavy atom. The fraction of sp³-hybridized carbons (Fsp3) is 0.500. The molecule has 1 aromatic carbocycles. The van der Waals surface area contributed by atoms with Crippen LogP contribution in [0.2, 0.25) is 0 Å². The molecule has 2 aliphatic carbocycles. The molecule has 2 nitrogen and oxygen atoms in total. The van der Waals surface area contributed by atoms with Gasteiger partial charge in [-0.3, -0.25) is 5.41 Å². The third-order valence-corrected chi connectivity index (χ3v) is 4.40. The summed E-state index contributed by atoms with van der Waals surface area (Å²) in [6.07, 6.45) is 4.74. The van der Waals surface area contributed by atoms with Gasteiger partial charge in [0, 0.05) is 0 Å². The Morgan fingerprint density at radius 2 is 2.06 bits per heavy atom. The van der Waals surface area contributed by atoms with Gasteiger partial charge >= 0.3 is 0 Å². The van der Waals surface area contributed by atoms with Gasteiger partial charge in [0.25, 0.3) is 0 Å². The summed E-state index contributed by atoms with van der Waals surface area (Å²) in [5.41, 5.74) is 9.91. The number of nitrogens with two attached hydrogens (primary N) is 1. The van der Waals surface area contributed by atoms with Gasteiger partial charge in [0.15, 0.2) is 0 Å². The molecule has 1 saturated carbocycles. The van der Waals surface area contributed by atoms with Crippen molar-refractivity contribution in [2.24, 2.45) is 11.7 Å². The second-order valence-corrected chi connectivity index (χ2v) is 5.33. The minimum atomic E-state index is -0.127. The largest absolute Gasteiger partial charge is 0.387 e. The van der Waals surface area contributed by atoms with Crippen LogP contribution in [0.15, 0.2) is 18.2 Å². The van der Waals surface area contributed by atoms with Gasteiger partial charge in [0.2, 0.25) is 0 Å². The van der Waals surface area contributed by atoms with Crippen molar-refractivity contribution in [1.29, 1.82) is 5.41 Å².